The van der Waals surface area contributed by atoms with Crippen LogP contribution in [0.3, 0.4) is 0 Å². The van der Waals surface area contributed by atoms with E-state index in [1.54, 1.807) is 18.3 Å². The van der Waals surface area contributed by atoms with Crippen LogP contribution in [-0.2, 0) is 16.0 Å². The van der Waals surface area contributed by atoms with E-state index in [9.17, 15) is 23.1 Å². The highest BCUT2D eigenvalue weighted by Crippen LogP contribution is 2.57. The number of nitrogens with zero attached hydrogens (tertiary/aromatic N) is 3. The van der Waals surface area contributed by atoms with Gasteiger partial charge in [0.2, 0.25) is 0 Å². The summed E-state index contributed by atoms with van der Waals surface area (Å²) in [6, 6.07) is 7.02. The Kier molecular flexibility index (Phi) is 5.55. The Balaban J connectivity index is 1.33. The maximum absolute atomic E-state index is 13.1. The molecule has 6 atom stereocenters. The van der Waals surface area contributed by atoms with Gasteiger partial charge in [-0.15, -0.1) is 0 Å². The van der Waals surface area contributed by atoms with Crippen molar-refractivity contribution in [2.45, 2.75) is 63.0 Å². The van der Waals surface area contributed by atoms with E-state index in [4.69, 9.17) is 9.72 Å². The molecular weight excluding hydrogens is 489 g/mol. The van der Waals surface area contributed by atoms with Gasteiger partial charge in [-0.2, -0.15) is 18.3 Å². The standard InChI is InChI=1S/C25H27F3N6O3/c1-2-14-8-19(34-33-14)30-18-9-17-15(4-3-5-29-17)22(31-18)32-20-13-6-12-7-16(20)21(24(36,10-12)11-13)37-23(35)25(26,27)28/h3-5,8-9,12-13,16,20-21,36H,2,6-7,10-11H2,1H3,(H3,30,31,32,33,34). The minimum Gasteiger partial charge on any atom is -0.452 e. The lowest BCUT2D eigenvalue weighted by Gasteiger charge is -2.61. The molecule has 7 rings (SSSR count). The maximum Gasteiger partial charge on any atom is 0.490 e. The van der Waals surface area contributed by atoms with E-state index >= 15 is 0 Å². The van der Waals surface area contributed by atoms with Crippen molar-refractivity contribution >= 4 is 34.3 Å². The zero-order valence-electron chi connectivity index (χ0n) is 20.0. The summed E-state index contributed by atoms with van der Waals surface area (Å²) in [6.07, 6.45) is -1.89. The fraction of sp³-hybridized carbons (Fsp3) is 0.520. The number of hydrogen-bond acceptors (Lipinski definition) is 8. The molecule has 0 amide bonds. The number of aromatic amines is 1. The zero-order chi connectivity index (χ0) is 25.9. The number of nitrogens with one attached hydrogen (secondary N) is 3. The number of aliphatic hydroxyl groups is 1. The zero-order valence-corrected chi connectivity index (χ0v) is 20.0. The Morgan fingerprint density at radius 2 is 2.11 bits per heavy atom. The third-order valence-electron chi connectivity index (χ3n) is 8.02. The highest BCUT2D eigenvalue weighted by molar-refractivity contribution is 5.91. The molecule has 9 nitrogen and oxygen atoms in total. The number of aromatic nitrogens is 4. The molecule has 3 aromatic rings. The second-order valence-corrected chi connectivity index (χ2v) is 10.5. The van der Waals surface area contributed by atoms with Crippen LogP contribution in [0.1, 0.15) is 38.3 Å². The molecule has 4 aliphatic carbocycles. The van der Waals surface area contributed by atoms with Crippen molar-refractivity contribution < 1.29 is 27.8 Å². The average molecular weight is 517 g/mol. The molecule has 4 aliphatic rings. The molecule has 196 valence electrons. The molecule has 3 aromatic heterocycles. The SMILES string of the molecule is CCc1cc(Nc2cc3ncccc3c(NC3C4CC5CC3C(OC(=O)C(F)(F)F)C(O)(C5)C4)n2)n[nH]1. The second kappa shape index (κ2) is 8.57. The number of H-pyrrole nitrogens is 1. The lowest BCUT2D eigenvalue weighted by atomic mass is 9.51. The van der Waals surface area contributed by atoms with Crippen molar-refractivity contribution in [2.75, 3.05) is 10.6 Å². The number of fused-ring (bicyclic) bond motifs is 1. The Bertz CT molecular complexity index is 1350. The van der Waals surface area contributed by atoms with Gasteiger partial charge in [0.15, 0.2) is 5.82 Å². The van der Waals surface area contributed by atoms with Gasteiger partial charge in [-0.05, 0) is 56.1 Å². The third-order valence-corrected chi connectivity index (χ3v) is 8.02. The van der Waals surface area contributed by atoms with Crippen molar-refractivity contribution in [3.05, 3.63) is 36.2 Å². The fourth-order valence-corrected chi connectivity index (χ4v) is 6.66. The highest BCUT2D eigenvalue weighted by Gasteiger charge is 2.63. The molecule has 0 aromatic carbocycles. The molecule has 4 fully saturated rings. The van der Waals surface area contributed by atoms with E-state index in [-0.39, 0.29) is 24.3 Å². The number of carbonyl (C=O) groups excluding carboxylic acids is 1. The average Bonchev–Trinajstić information content (AvgIpc) is 3.29. The van der Waals surface area contributed by atoms with Crippen LogP contribution in [-0.4, -0.2) is 55.2 Å². The summed E-state index contributed by atoms with van der Waals surface area (Å²) in [5.74, 6) is -0.935. The van der Waals surface area contributed by atoms with Crippen molar-refractivity contribution in [2.24, 2.45) is 17.8 Å². The van der Waals surface area contributed by atoms with Gasteiger partial charge in [0.05, 0.1) is 5.52 Å². The number of halogens is 3. The molecule has 12 heteroatoms. The van der Waals surface area contributed by atoms with Gasteiger partial charge in [0, 0.05) is 41.4 Å². The largest absolute Gasteiger partial charge is 0.490 e. The van der Waals surface area contributed by atoms with Gasteiger partial charge >= 0.3 is 12.1 Å². The molecule has 4 N–H and O–H groups in total. The lowest BCUT2D eigenvalue weighted by Crippen LogP contribution is -2.68. The smallest absolute Gasteiger partial charge is 0.452 e. The first kappa shape index (κ1) is 24.0. The van der Waals surface area contributed by atoms with Gasteiger partial charge < -0.3 is 20.5 Å². The van der Waals surface area contributed by atoms with E-state index in [0.29, 0.717) is 35.8 Å². The maximum atomic E-state index is 13.1. The Morgan fingerprint density at radius 1 is 1.27 bits per heavy atom. The van der Waals surface area contributed by atoms with E-state index in [1.807, 2.05) is 19.1 Å². The van der Waals surface area contributed by atoms with Gasteiger partial charge in [-0.1, -0.05) is 6.92 Å². The predicted octanol–water partition coefficient (Wildman–Crippen LogP) is 4.09. The molecule has 4 bridgehead atoms. The number of aryl methyl sites for hydroxylation is 1. The lowest BCUT2D eigenvalue weighted by molar-refractivity contribution is -0.249. The van der Waals surface area contributed by atoms with Gasteiger partial charge in [-0.25, -0.2) is 9.78 Å². The predicted molar refractivity (Wildman–Crippen MR) is 128 cm³/mol. The monoisotopic (exact) mass is 516 g/mol. The number of carbonyl (C=O) groups is 1. The summed E-state index contributed by atoms with van der Waals surface area (Å²) in [5.41, 5.74) is 0.189. The number of ether oxygens (including phenoxy) is 1. The van der Waals surface area contributed by atoms with Crippen LogP contribution in [0.15, 0.2) is 30.5 Å². The first-order valence-electron chi connectivity index (χ1n) is 12.5. The van der Waals surface area contributed by atoms with E-state index in [1.165, 1.54) is 0 Å². The first-order valence-corrected chi connectivity index (χ1v) is 12.5. The molecular formula is C25H27F3N6O3. The van der Waals surface area contributed by atoms with Crippen molar-refractivity contribution in [3.63, 3.8) is 0 Å². The van der Waals surface area contributed by atoms with Crippen LogP contribution < -0.4 is 10.6 Å². The fourth-order valence-electron chi connectivity index (χ4n) is 6.66. The van der Waals surface area contributed by atoms with Crippen LogP contribution in [0.4, 0.5) is 30.6 Å². The molecule has 6 unspecified atom stereocenters. The van der Waals surface area contributed by atoms with Crippen LogP contribution in [0, 0.1) is 17.8 Å². The summed E-state index contributed by atoms with van der Waals surface area (Å²) in [6.45, 7) is 2.01. The summed E-state index contributed by atoms with van der Waals surface area (Å²) < 4.78 is 44.1. The van der Waals surface area contributed by atoms with Crippen molar-refractivity contribution in [1.29, 1.82) is 0 Å². The van der Waals surface area contributed by atoms with Crippen LogP contribution in [0.25, 0.3) is 10.9 Å². The number of alkyl halides is 3. The minimum atomic E-state index is -5.12. The minimum absolute atomic E-state index is 0.00642. The highest BCUT2D eigenvalue weighted by atomic mass is 19.4. The van der Waals surface area contributed by atoms with E-state index in [0.717, 1.165) is 23.9 Å². The van der Waals surface area contributed by atoms with Crippen LogP contribution in [0.2, 0.25) is 0 Å². The van der Waals surface area contributed by atoms with Gasteiger partial charge in [-0.3, -0.25) is 10.1 Å². The Hall–Kier alpha value is -3.41. The summed E-state index contributed by atoms with van der Waals surface area (Å²) in [4.78, 5) is 21.0. The number of pyridine rings is 2. The summed E-state index contributed by atoms with van der Waals surface area (Å²) in [7, 11) is 0. The topological polar surface area (TPSA) is 125 Å². The molecule has 0 aliphatic heterocycles. The summed E-state index contributed by atoms with van der Waals surface area (Å²) >= 11 is 0. The number of hydrogen-bond donors (Lipinski definition) is 4. The number of esters is 1. The Morgan fingerprint density at radius 3 is 2.86 bits per heavy atom. The first-order chi connectivity index (χ1) is 17.6. The van der Waals surface area contributed by atoms with Crippen LogP contribution >= 0.6 is 0 Å². The van der Waals surface area contributed by atoms with Crippen molar-refractivity contribution in [3.8, 4) is 0 Å². The number of rotatable bonds is 6. The summed E-state index contributed by atoms with van der Waals surface area (Å²) in [5, 5.41) is 25.8. The molecule has 0 radical (unpaired) electrons. The van der Waals surface area contributed by atoms with Gasteiger partial charge in [0.25, 0.3) is 0 Å². The van der Waals surface area contributed by atoms with E-state index < -0.39 is 29.8 Å². The van der Waals surface area contributed by atoms with E-state index in [2.05, 4.69) is 25.8 Å². The second-order valence-electron chi connectivity index (χ2n) is 10.5. The number of anilines is 3. The molecule has 0 saturated heterocycles. The normalized spacial score (nSPS) is 30.5. The quantitative estimate of drug-likeness (QED) is 0.361. The Labute approximate surface area is 210 Å². The third kappa shape index (κ3) is 4.26. The molecule has 0 spiro atoms. The molecule has 3 heterocycles. The van der Waals surface area contributed by atoms with Crippen molar-refractivity contribution in [1.82, 2.24) is 20.2 Å². The molecule has 4 saturated carbocycles. The molecule has 37 heavy (non-hydrogen) atoms. The van der Waals surface area contributed by atoms with Crippen LogP contribution in [0.5, 0.6) is 0 Å². The van der Waals surface area contributed by atoms with Gasteiger partial charge in [0.1, 0.15) is 23.3 Å².